The number of aliphatic hydroxyl groups is 1. The van der Waals surface area contributed by atoms with Gasteiger partial charge in [0.05, 0.1) is 48.2 Å². The molecule has 0 spiro atoms. The number of carbonyl (C=O) groups excluding carboxylic acids is 7. The molecule has 5 amide bonds. The summed E-state index contributed by atoms with van der Waals surface area (Å²) in [5, 5.41) is 58.8. The fourth-order valence-electron chi connectivity index (χ4n) is 9.55. The highest BCUT2D eigenvalue weighted by molar-refractivity contribution is 7.99. The number of phenols is 2. The van der Waals surface area contributed by atoms with Gasteiger partial charge >= 0.3 is 0 Å². The van der Waals surface area contributed by atoms with Crippen molar-refractivity contribution in [2.45, 2.75) is 120 Å². The number of amides is 5. The number of nitrogens with one attached hydrogen (secondary N) is 6. The molecule has 2 fully saturated rings. The molecule has 80 heavy (non-hydrogen) atoms. The van der Waals surface area contributed by atoms with Gasteiger partial charge in [0.15, 0.2) is 12.1 Å². The van der Waals surface area contributed by atoms with Crippen LogP contribution in [0.4, 0.5) is 0 Å². The number of thioether (sulfide) groups is 1. The number of pyridine rings is 1. The predicted octanol–water partition coefficient (Wildman–Crippen LogP) is 2.26. The molecule has 3 aromatic rings. The third-order valence-electron chi connectivity index (χ3n) is 13.8. The molecule has 2 saturated heterocycles. The molecule has 2 aliphatic carbocycles. The van der Waals surface area contributed by atoms with Crippen molar-refractivity contribution in [3.63, 3.8) is 0 Å². The first-order valence-electron chi connectivity index (χ1n) is 27.0. The first kappa shape index (κ1) is 64.1. The summed E-state index contributed by atoms with van der Waals surface area (Å²) >= 11 is 1.44. The van der Waals surface area contributed by atoms with Crippen LogP contribution in [0, 0.1) is 17.2 Å². The van der Waals surface area contributed by atoms with Crippen molar-refractivity contribution < 1.29 is 67.8 Å². The van der Waals surface area contributed by atoms with E-state index in [1.54, 1.807) is 32.2 Å². The van der Waals surface area contributed by atoms with Gasteiger partial charge in [-0.1, -0.05) is 26.0 Å². The summed E-state index contributed by atoms with van der Waals surface area (Å²) in [5.74, 6) is -3.00. The Morgan fingerprint density at radius 2 is 1.61 bits per heavy atom. The molecule has 6 atom stereocenters. The third kappa shape index (κ3) is 17.1. The zero-order valence-electron chi connectivity index (χ0n) is 46.6. The van der Waals surface area contributed by atoms with Gasteiger partial charge in [-0.25, -0.2) is 4.98 Å². The number of aromatic hydroxyl groups is 2. The van der Waals surface area contributed by atoms with Crippen molar-refractivity contribution in [2.75, 3.05) is 79.8 Å². The number of rotatable bonds is 22. The van der Waals surface area contributed by atoms with Gasteiger partial charge in [0.25, 0.3) is 5.91 Å². The van der Waals surface area contributed by atoms with Crippen molar-refractivity contribution >= 4 is 53.4 Å². The normalized spacial score (nSPS) is 19.6. The number of nitrogens with zero attached hydrogens (tertiary/aromatic N) is 3. The van der Waals surface area contributed by atoms with Crippen molar-refractivity contribution in [3.8, 4) is 23.3 Å². The number of aromatic nitrogens is 1. The quantitative estimate of drug-likeness (QED) is 0.0236. The largest absolute Gasteiger partial charge is 0.507 e. The highest BCUT2D eigenvalue weighted by Crippen LogP contribution is 2.47. The van der Waals surface area contributed by atoms with E-state index in [4.69, 9.17) is 24.2 Å². The minimum Gasteiger partial charge on any atom is -0.507 e. The zero-order valence-corrected chi connectivity index (χ0v) is 47.4. The van der Waals surface area contributed by atoms with Crippen LogP contribution in [0.25, 0.3) is 0 Å². The number of methoxy groups -OCH3 is 2. The van der Waals surface area contributed by atoms with Crippen LogP contribution in [0.2, 0.25) is 0 Å². The summed E-state index contributed by atoms with van der Waals surface area (Å²) in [6.45, 7) is 15.4. The molecule has 6 unspecified atom stereocenters. The lowest BCUT2D eigenvalue weighted by Crippen LogP contribution is -2.57. The van der Waals surface area contributed by atoms with Crippen molar-refractivity contribution in [1.82, 2.24) is 41.8 Å². The molecular formula is C56H77N9O14S. The molecule has 1 aromatic heterocycles. The molecule has 23 nitrogen and oxygen atoms in total. The third-order valence-corrected chi connectivity index (χ3v) is 14.8. The maximum absolute atomic E-state index is 13.4. The van der Waals surface area contributed by atoms with Crippen LogP contribution in [0.5, 0.6) is 17.2 Å². The van der Waals surface area contributed by atoms with Crippen LogP contribution in [-0.4, -0.2) is 182 Å². The van der Waals surface area contributed by atoms with E-state index in [9.17, 15) is 48.9 Å². The van der Waals surface area contributed by atoms with E-state index in [0.717, 1.165) is 26.1 Å². The molecule has 24 heteroatoms. The van der Waals surface area contributed by atoms with Crippen molar-refractivity contribution in [1.29, 1.82) is 5.26 Å². The second kappa shape index (κ2) is 31.9. The fourth-order valence-corrected chi connectivity index (χ4v) is 10.4. The summed E-state index contributed by atoms with van der Waals surface area (Å²) in [4.78, 5) is 91.6. The standard InChI is InChI=1S/C30H36N4O8.C15H20N4O2S.C11H21NO4/c1-16(34-15-35)29(40)32-12-4-10-31-11-5-13-33-30(41)17-8-9-18-20(14-17)27(38)23-24(25(18)36)28(39)22-19(26(23)37)6-3-7-21(22)42-2;1-4-17-13(20)7-8-18-14(21)12-6-5-11(9-16)15(19-12)22-10(2)3;1-8-11(13)9(3-5-15-8)12-4-6-16-10(7-12)14-2/h3,6-7,15-17,31,36,38H,4-5,8-14H2,1-2H3,(H,32,40)(H,33,41)(H,34,35);5-6,10H,4,7-8H2,1-3H3,(H,17,20)(H,18,21);8-11,13H,3-7H2,1-2H3. The van der Waals surface area contributed by atoms with Crippen LogP contribution in [-0.2, 0) is 46.2 Å². The molecule has 2 aromatic carbocycles. The second-order valence-electron chi connectivity index (χ2n) is 19.7. The number of phenolic OH excluding ortho intramolecular Hbond substituents is 2. The van der Waals surface area contributed by atoms with E-state index >= 15 is 0 Å². The minimum atomic E-state index is -0.590. The predicted molar refractivity (Wildman–Crippen MR) is 296 cm³/mol. The Hall–Kier alpha value is -6.72. The Labute approximate surface area is 471 Å². The van der Waals surface area contributed by atoms with E-state index in [0.29, 0.717) is 86.7 Å². The number of morpholine rings is 1. The molecule has 0 bridgehead atoms. The Morgan fingerprint density at radius 3 is 2.29 bits per heavy atom. The van der Waals surface area contributed by atoms with Crippen LogP contribution < -0.4 is 36.6 Å². The smallest absolute Gasteiger partial charge is 0.269 e. The molecule has 2 aliphatic heterocycles. The van der Waals surface area contributed by atoms with Crippen molar-refractivity contribution in [3.05, 3.63) is 75.0 Å². The van der Waals surface area contributed by atoms with Gasteiger partial charge in [-0.05, 0) is 90.6 Å². The highest BCUT2D eigenvalue weighted by Gasteiger charge is 2.41. The molecule has 9 N–H and O–H groups in total. The van der Waals surface area contributed by atoms with Gasteiger partial charge < -0.3 is 66.2 Å². The maximum atomic E-state index is 13.4. The molecule has 4 aliphatic rings. The summed E-state index contributed by atoms with van der Waals surface area (Å²) in [6, 6.07) is 9.40. The van der Waals surface area contributed by atoms with E-state index in [-0.39, 0.29) is 118 Å². The fraction of sp³-hybridized carbons (Fsp3) is 0.554. The highest BCUT2D eigenvalue weighted by atomic mass is 32.2. The Morgan fingerprint density at radius 1 is 0.900 bits per heavy atom. The molecule has 0 saturated carbocycles. The molecular weight excluding hydrogens is 1050 g/mol. The summed E-state index contributed by atoms with van der Waals surface area (Å²) < 4.78 is 21.3. The van der Waals surface area contributed by atoms with E-state index in [1.165, 1.54) is 31.0 Å². The number of ketones is 2. The van der Waals surface area contributed by atoms with Gasteiger partial charge in [-0.2, -0.15) is 5.26 Å². The number of hydrogen-bond acceptors (Lipinski definition) is 19. The van der Waals surface area contributed by atoms with E-state index in [2.05, 4.69) is 47.9 Å². The Balaban J connectivity index is 0.000000256. The summed E-state index contributed by atoms with van der Waals surface area (Å²) in [5.41, 5.74) is 1.08. The lowest BCUT2D eigenvalue weighted by Gasteiger charge is -2.43. The number of benzene rings is 2. The van der Waals surface area contributed by atoms with Crippen LogP contribution >= 0.6 is 11.8 Å². The van der Waals surface area contributed by atoms with E-state index < -0.39 is 29.6 Å². The van der Waals surface area contributed by atoms with Crippen LogP contribution in [0.15, 0.2) is 35.4 Å². The van der Waals surface area contributed by atoms with Crippen LogP contribution in [0.1, 0.15) is 126 Å². The SMILES string of the molecule is CCNC(=O)CCNC(=O)c1ccc(C#N)c(SC(C)C)n1.COC1CN(C2CCOC(C)C2O)CCO1.COc1cccc2c1C(=O)c1c(O)c3c(c(O)c1C2=O)CC(C(=O)NCCCNCCCNC(=O)C(C)NC=O)CC3. The molecule has 436 valence electrons. The van der Waals surface area contributed by atoms with E-state index in [1.807, 2.05) is 27.7 Å². The van der Waals surface area contributed by atoms with Gasteiger partial charge in [0.1, 0.15) is 40.1 Å². The molecule has 3 heterocycles. The average Bonchev–Trinajstić information content (AvgIpc) is 3.53. The molecule has 0 radical (unpaired) electrons. The average molecular weight is 1130 g/mol. The number of hydrogen-bond donors (Lipinski definition) is 9. The lowest BCUT2D eigenvalue weighted by atomic mass is 9.75. The van der Waals surface area contributed by atoms with Crippen LogP contribution in [0.3, 0.4) is 0 Å². The van der Waals surface area contributed by atoms with Crippen molar-refractivity contribution in [2.24, 2.45) is 5.92 Å². The number of nitriles is 1. The maximum Gasteiger partial charge on any atom is 0.269 e. The van der Waals surface area contributed by atoms with Gasteiger partial charge in [0.2, 0.25) is 29.9 Å². The minimum absolute atomic E-state index is 0.0553. The first-order valence-corrected chi connectivity index (χ1v) is 27.9. The zero-order chi connectivity index (χ0) is 58.5. The summed E-state index contributed by atoms with van der Waals surface area (Å²) in [7, 11) is 3.04. The monoisotopic (exact) mass is 1130 g/mol. The van der Waals surface area contributed by atoms with Gasteiger partial charge in [0, 0.05) is 93.3 Å². The topological polar surface area (TPSA) is 329 Å². The lowest BCUT2D eigenvalue weighted by molar-refractivity contribution is -0.190. The number of fused-ring (bicyclic) bond motifs is 3. The summed E-state index contributed by atoms with van der Waals surface area (Å²) in [6.07, 6.45) is 3.13. The van der Waals surface area contributed by atoms with Gasteiger partial charge in [-0.15, -0.1) is 11.8 Å². The first-order chi connectivity index (χ1) is 38.4. The number of ether oxygens (including phenoxy) is 4. The molecule has 7 rings (SSSR count). The Bertz CT molecular complexity index is 2700. The van der Waals surface area contributed by atoms with Gasteiger partial charge in [-0.3, -0.25) is 38.5 Å². The number of carbonyl (C=O) groups is 7. The second-order valence-corrected chi connectivity index (χ2v) is 21.2. The Kier molecular flexibility index (Phi) is 25.6. The number of aliphatic hydroxyl groups excluding tert-OH is 1.